The Bertz CT molecular complexity index is 1060. The fraction of sp³-hybridized carbons (Fsp3) is 0.130. The SMILES string of the molecule is Cc1ccc(NC(=O)COC(=O)Cc2ccc(-c3ccccc3)cc2)c([N+](=O)[O-])c1. The van der Waals surface area contributed by atoms with Gasteiger partial charge < -0.3 is 10.1 Å². The molecule has 152 valence electrons. The number of carbonyl (C=O) groups is 2. The maximum Gasteiger partial charge on any atom is 0.310 e. The van der Waals surface area contributed by atoms with Crippen LogP contribution >= 0.6 is 0 Å². The number of esters is 1. The largest absolute Gasteiger partial charge is 0.455 e. The van der Waals surface area contributed by atoms with E-state index in [0.717, 1.165) is 16.7 Å². The number of hydrogen-bond donors (Lipinski definition) is 1. The Kier molecular flexibility index (Phi) is 6.54. The Hall–Kier alpha value is -4.00. The molecule has 0 bridgehead atoms. The van der Waals surface area contributed by atoms with Crippen LogP contribution in [0.25, 0.3) is 11.1 Å². The van der Waals surface area contributed by atoms with E-state index in [-0.39, 0.29) is 17.8 Å². The molecule has 7 nitrogen and oxygen atoms in total. The van der Waals surface area contributed by atoms with Gasteiger partial charge >= 0.3 is 5.97 Å². The second-order valence-electron chi connectivity index (χ2n) is 6.73. The summed E-state index contributed by atoms with van der Waals surface area (Å²) in [5.74, 6) is -1.20. The van der Waals surface area contributed by atoms with E-state index in [9.17, 15) is 19.7 Å². The topological polar surface area (TPSA) is 98.5 Å². The molecular formula is C23H20N2O5. The molecule has 0 unspecified atom stereocenters. The van der Waals surface area contributed by atoms with Crippen LogP contribution in [0.5, 0.6) is 0 Å². The lowest BCUT2D eigenvalue weighted by molar-refractivity contribution is -0.384. The zero-order chi connectivity index (χ0) is 21.5. The van der Waals surface area contributed by atoms with Crippen LogP contribution in [0, 0.1) is 17.0 Å². The summed E-state index contributed by atoms with van der Waals surface area (Å²) in [5.41, 5.74) is 3.41. The van der Waals surface area contributed by atoms with Gasteiger partial charge in [0.05, 0.1) is 11.3 Å². The average molecular weight is 404 g/mol. The highest BCUT2D eigenvalue weighted by atomic mass is 16.6. The molecule has 0 aliphatic heterocycles. The van der Waals surface area contributed by atoms with E-state index in [1.807, 2.05) is 54.6 Å². The van der Waals surface area contributed by atoms with Crippen molar-refractivity contribution in [3.05, 3.63) is 94.0 Å². The van der Waals surface area contributed by atoms with Gasteiger partial charge in [0.15, 0.2) is 6.61 Å². The first-order valence-electron chi connectivity index (χ1n) is 9.27. The minimum absolute atomic E-state index is 0.0209. The van der Waals surface area contributed by atoms with Gasteiger partial charge in [0.2, 0.25) is 0 Å². The van der Waals surface area contributed by atoms with Gasteiger partial charge in [-0.15, -0.1) is 0 Å². The van der Waals surface area contributed by atoms with Crippen LogP contribution in [0.1, 0.15) is 11.1 Å². The van der Waals surface area contributed by atoms with Crippen molar-refractivity contribution in [3.8, 4) is 11.1 Å². The summed E-state index contributed by atoms with van der Waals surface area (Å²) >= 11 is 0. The third-order valence-corrected chi connectivity index (χ3v) is 4.40. The Balaban J connectivity index is 1.52. The molecule has 7 heteroatoms. The Morgan fingerprint density at radius 1 is 0.967 bits per heavy atom. The number of nitro groups is 1. The van der Waals surface area contributed by atoms with Crippen LogP contribution in [-0.4, -0.2) is 23.4 Å². The van der Waals surface area contributed by atoms with E-state index in [1.165, 1.54) is 12.1 Å². The number of benzene rings is 3. The molecule has 0 saturated carbocycles. The number of nitrogens with zero attached hydrogens (tertiary/aromatic N) is 1. The third-order valence-electron chi connectivity index (χ3n) is 4.40. The number of carbonyl (C=O) groups excluding carboxylic acids is 2. The fourth-order valence-electron chi connectivity index (χ4n) is 2.89. The van der Waals surface area contributed by atoms with Gasteiger partial charge in [0.25, 0.3) is 11.6 Å². The van der Waals surface area contributed by atoms with E-state index < -0.39 is 23.4 Å². The summed E-state index contributed by atoms with van der Waals surface area (Å²) < 4.78 is 5.00. The maximum absolute atomic E-state index is 12.0. The highest BCUT2D eigenvalue weighted by molar-refractivity contribution is 5.95. The minimum atomic E-state index is -0.644. The predicted molar refractivity (Wildman–Crippen MR) is 113 cm³/mol. The molecule has 0 aliphatic carbocycles. The number of nitrogens with one attached hydrogen (secondary N) is 1. The normalized spacial score (nSPS) is 10.3. The monoisotopic (exact) mass is 404 g/mol. The molecular weight excluding hydrogens is 384 g/mol. The molecule has 0 spiro atoms. The zero-order valence-electron chi connectivity index (χ0n) is 16.3. The van der Waals surface area contributed by atoms with Gasteiger partial charge in [-0.05, 0) is 35.2 Å². The molecule has 0 heterocycles. The van der Waals surface area contributed by atoms with E-state index in [0.29, 0.717) is 5.56 Å². The van der Waals surface area contributed by atoms with Crippen LogP contribution in [0.4, 0.5) is 11.4 Å². The van der Waals surface area contributed by atoms with E-state index in [2.05, 4.69) is 5.32 Å². The Morgan fingerprint density at radius 2 is 1.63 bits per heavy atom. The lowest BCUT2D eigenvalue weighted by atomic mass is 10.0. The lowest BCUT2D eigenvalue weighted by Gasteiger charge is -2.08. The second kappa shape index (κ2) is 9.47. The number of anilines is 1. The standard InChI is InChI=1S/C23H20N2O5/c1-16-7-12-20(21(13-16)25(28)29)24-22(26)15-30-23(27)14-17-8-10-19(11-9-17)18-5-3-2-4-6-18/h2-13H,14-15H2,1H3,(H,24,26). The van der Waals surface area contributed by atoms with E-state index >= 15 is 0 Å². The molecule has 0 aliphatic rings. The lowest BCUT2D eigenvalue weighted by Crippen LogP contribution is -2.22. The fourth-order valence-corrected chi connectivity index (χ4v) is 2.89. The first-order chi connectivity index (χ1) is 14.4. The molecule has 30 heavy (non-hydrogen) atoms. The van der Waals surface area contributed by atoms with Crippen LogP contribution in [0.2, 0.25) is 0 Å². The first kappa shape index (κ1) is 20.7. The van der Waals surface area contributed by atoms with Gasteiger partial charge in [-0.1, -0.05) is 60.7 Å². The summed E-state index contributed by atoms with van der Waals surface area (Å²) in [6.07, 6.45) is 0.0209. The highest BCUT2D eigenvalue weighted by Crippen LogP contribution is 2.25. The summed E-state index contributed by atoms with van der Waals surface area (Å²) in [7, 11) is 0. The summed E-state index contributed by atoms with van der Waals surface area (Å²) in [6, 6.07) is 21.8. The molecule has 1 N–H and O–H groups in total. The molecule has 3 aromatic carbocycles. The van der Waals surface area contributed by atoms with Crippen molar-refractivity contribution in [2.75, 3.05) is 11.9 Å². The van der Waals surface area contributed by atoms with Crippen molar-refractivity contribution < 1.29 is 19.2 Å². The number of nitro benzene ring substituents is 1. The molecule has 3 rings (SSSR count). The van der Waals surface area contributed by atoms with Gasteiger partial charge in [0, 0.05) is 6.07 Å². The van der Waals surface area contributed by atoms with Gasteiger partial charge in [-0.25, -0.2) is 0 Å². The number of ether oxygens (including phenoxy) is 1. The first-order valence-corrected chi connectivity index (χ1v) is 9.27. The Morgan fingerprint density at radius 3 is 2.30 bits per heavy atom. The van der Waals surface area contributed by atoms with E-state index in [1.54, 1.807) is 13.0 Å². The minimum Gasteiger partial charge on any atom is -0.455 e. The molecule has 0 saturated heterocycles. The highest BCUT2D eigenvalue weighted by Gasteiger charge is 2.17. The van der Waals surface area contributed by atoms with Crippen molar-refractivity contribution in [1.29, 1.82) is 0 Å². The molecule has 1 amide bonds. The molecule has 0 fully saturated rings. The molecule has 0 atom stereocenters. The number of rotatable bonds is 7. The summed E-state index contributed by atoms with van der Waals surface area (Å²) in [6.45, 7) is 1.19. The molecule has 0 radical (unpaired) electrons. The smallest absolute Gasteiger partial charge is 0.310 e. The van der Waals surface area contributed by atoms with Crippen LogP contribution < -0.4 is 5.32 Å². The van der Waals surface area contributed by atoms with Gasteiger partial charge in [0.1, 0.15) is 5.69 Å². The number of aryl methyl sites for hydroxylation is 1. The van der Waals surface area contributed by atoms with Gasteiger partial charge in [-0.3, -0.25) is 19.7 Å². The molecule has 3 aromatic rings. The van der Waals surface area contributed by atoms with Crippen molar-refractivity contribution in [1.82, 2.24) is 0 Å². The van der Waals surface area contributed by atoms with Crippen LogP contribution in [0.15, 0.2) is 72.8 Å². The van der Waals surface area contributed by atoms with E-state index in [4.69, 9.17) is 4.74 Å². The quantitative estimate of drug-likeness (QED) is 0.360. The third kappa shape index (κ3) is 5.51. The van der Waals surface area contributed by atoms with Crippen molar-refractivity contribution >= 4 is 23.3 Å². The van der Waals surface area contributed by atoms with Crippen LogP contribution in [-0.2, 0) is 20.7 Å². The average Bonchev–Trinajstić information content (AvgIpc) is 2.74. The Labute approximate surface area is 173 Å². The summed E-state index contributed by atoms with van der Waals surface area (Å²) in [4.78, 5) is 34.6. The maximum atomic E-state index is 12.0. The molecule has 0 aromatic heterocycles. The van der Waals surface area contributed by atoms with Crippen molar-refractivity contribution in [2.45, 2.75) is 13.3 Å². The number of hydrogen-bond acceptors (Lipinski definition) is 5. The van der Waals surface area contributed by atoms with Crippen LogP contribution in [0.3, 0.4) is 0 Å². The predicted octanol–water partition coefficient (Wildman–Crippen LogP) is 4.29. The summed E-state index contributed by atoms with van der Waals surface area (Å²) in [5, 5.41) is 13.5. The second-order valence-corrected chi connectivity index (χ2v) is 6.73. The van der Waals surface area contributed by atoms with Gasteiger partial charge in [-0.2, -0.15) is 0 Å². The van der Waals surface area contributed by atoms with Crippen molar-refractivity contribution in [2.24, 2.45) is 0 Å². The zero-order valence-corrected chi connectivity index (χ0v) is 16.3. The number of amides is 1. The van der Waals surface area contributed by atoms with Crippen molar-refractivity contribution in [3.63, 3.8) is 0 Å².